The van der Waals surface area contributed by atoms with Crippen molar-refractivity contribution in [2.75, 3.05) is 0 Å². The van der Waals surface area contributed by atoms with Crippen LogP contribution < -0.4 is 4.74 Å². The second-order valence-corrected chi connectivity index (χ2v) is 3.43. The molecule has 0 aromatic heterocycles. The second kappa shape index (κ2) is 4.74. The van der Waals surface area contributed by atoms with Crippen LogP contribution in [0, 0.1) is 0 Å². The zero-order valence-corrected chi connectivity index (χ0v) is 8.97. The number of benzene rings is 1. The lowest BCUT2D eigenvalue weighted by Gasteiger charge is -2.17. The molecule has 1 aromatic carbocycles. The Morgan fingerprint density at radius 2 is 1.88 bits per heavy atom. The van der Waals surface area contributed by atoms with Gasteiger partial charge in [0.15, 0.2) is 5.78 Å². The molecule has 0 N–H and O–H groups in total. The van der Waals surface area contributed by atoms with E-state index in [1.165, 1.54) is 19.1 Å². The molecule has 0 saturated heterocycles. The monoisotopic (exact) mass is 252 g/mol. The fraction of sp³-hybridized carbons (Fsp3) is 0.300. The van der Waals surface area contributed by atoms with Crippen LogP contribution in [-0.2, 0) is 0 Å². The maximum absolute atomic E-state index is 12.7. The zero-order valence-electron chi connectivity index (χ0n) is 8.22. The molecule has 0 aliphatic rings. The Labute approximate surface area is 95.0 Å². The van der Waals surface area contributed by atoms with E-state index in [9.17, 15) is 18.0 Å². The van der Waals surface area contributed by atoms with Crippen molar-refractivity contribution in [3.8, 4) is 5.75 Å². The summed E-state index contributed by atoms with van der Waals surface area (Å²) in [5, 5.41) is 0. The topological polar surface area (TPSA) is 26.3 Å². The first kappa shape index (κ1) is 12.8. The standard InChI is InChI=1S/C10H8ClF3O2/c1-6(15)7-2-4-8(5-3-7)16-10(13,14)9(11)12/h2-5,9H,1H3/t9-/m0/s1. The van der Waals surface area contributed by atoms with Crippen LogP contribution in [0.25, 0.3) is 0 Å². The normalized spacial score (nSPS) is 13.3. The van der Waals surface area contributed by atoms with Crippen molar-refractivity contribution in [3.05, 3.63) is 29.8 Å². The third-order valence-electron chi connectivity index (χ3n) is 1.77. The van der Waals surface area contributed by atoms with Crippen LogP contribution in [0.2, 0.25) is 0 Å². The van der Waals surface area contributed by atoms with Gasteiger partial charge in [0.2, 0.25) is 0 Å². The van der Waals surface area contributed by atoms with Gasteiger partial charge in [0, 0.05) is 5.56 Å². The van der Waals surface area contributed by atoms with E-state index >= 15 is 0 Å². The number of halogens is 4. The van der Waals surface area contributed by atoms with Gasteiger partial charge in [-0.25, -0.2) is 4.39 Å². The molecule has 0 bridgehead atoms. The van der Waals surface area contributed by atoms with Crippen LogP contribution in [0.4, 0.5) is 13.2 Å². The number of carbonyl (C=O) groups excluding carboxylic acids is 1. The number of carbonyl (C=O) groups is 1. The summed E-state index contributed by atoms with van der Waals surface area (Å²) in [4.78, 5) is 10.9. The molecule has 1 rings (SSSR count). The first-order valence-electron chi connectivity index (χ1n) is 4.29. The Balaban J connectivity index is 2.80. The van der Waals surface area contributed by atoms with E-state index in [1.807, 2.05) is 0 Å². The molecule has 0 saturated carbocycles. The van der Waals surface area contributed by atoms with Crippen molar-refractivity contribution < 1.29 is 22.7 Å². The third-order valence-corrected chi connectivity index (χ3v) is 2.02. The van der Waals surface area contributed by atoms with Gasteiger partial charge >= 0.3 is 6.11 Å². The highest BCUT2D eigenvalue weighted by Crippen LogP contribution is 2.28. The molecule has 2 nitrogen and oxygen atoms in total. The minimum atomic E-state index is -4.10. The molecule has 1 atom stereocenters. The SMILES string of the molecule is CC(=O)c1ccc(OC(F)(F)[C@H](F)Cl)cc1. The predicted octanol–water partition coefficient (Wildman–Crippen LogP) is 3.40. The predicted molar refractivity (Wildman–Crippen MR) is 52.8 cm³/mol. The largest absolute Gasteiger partial charge is 0.444 e. The lowest BCUT2D eigenvalue weighted by Crippen LogP contribution is -2.32. The molecule has 0 amide bonds. The van der Waals surface area contributed by atoms with Crippen LogP contribution in [0.5, 0.6) is 5.75 Å². The second-order valence-electron chi connectivity index (χ2n) is 3.05. The van der Waals surface area contributed by atoms with E-state index in [2.05, 4.69) is 16.3 Å². The molecule has 16 heavy (non-hydrogen) atoms. The number of rotatable bonds is 4. The Morgan fingerprint density at radius 1 is 1.38 bits per heavy atom. The summed E-state index contributed by atoms with van der Waals surface area (Å²) in [6.45, 7) is 1.33. The molecule has 0 unspecified atom stereocenters. The highest BCUT2D eigenvalue weighted by Gasteiger charge is 2.42. The lowest BCUT2D eigenvalue weighted by molar-refractivity contribution is -0.199. The quantitative estimate of drug-likeness (QED) is 0.606. The van der Waals surface area contributed by atoms with Gasteiger partial charge in [-0.1, -0.05) is 11.6 Å². The first-order chi connectivity index (χ1) is 7.33. The van der Waals surface area contributed by atoms with E-state index in [0.717, 1.165) is 12.1 Å². The maximum atomic E-state index is 12.7. The van der Waals surface area contributed by atoms with Gasteiger partial charge in [-0.3, -0.25) is 4.79 Å². The summed E-state index contributed by atoms with van der Waals surface area (Å²) in [7, 11) is 0. The number of ketones is 1. The molecule has 6 heteroatoms. The minimum Gasteiger partial charge on any atom is -0.429 e. The van der Waals surface area contributed by atoms with Crippen LogP contribution in [0.15, 0.2) is 24.3 Å². The summed E-state index contributed by atoms with van der Waals surface area (Å²) < 4.78 is 41.6. The van der Waals surface area contributed by atoms with Crippen LogP contribution in [0.1, 0.15) is 17.3 Å². The summed E-state index contributed by atoms with van der Waals surface area (Å²) in [5.74, 6) is -0.475. The van der Waals surface area contributed by atoms with Gasteiger partial charge in [-0.2, -0.15) is 8.78 Å². The summed E-state index contributed by atoms with van der Waals surface area (Å²) in [6.07, 6.45) is -4.10. The van der Waals surface area contributed by atoms with Crippen molar-refractivity contribution in [2.45, 2.75) is 18.7 Å². The van der Waals surface area contributed by atoms with Crippen molar-refractivity contribution in [1.82, 2.24) is 0 Å². The molecule has 1 aromatic rings. The number of Topliss-reactive ketones (excluding diaryl/α,β-unsaturated/α-hetero) is 1. The molecule has 0 aliphatic heterocycles. The van der Waals surface area contributed by atoms with Crippen molar-refractivity contribution in [2.24, 2.45) is 0 Å². The van der Waals surface area contributed by atoms with Gasteiger partial charge in [0.05, 0.1) is 0 Å². The highest BCUT2D eigenvalue weighted by molar-refractivity contribution is 6.20. The molecule has 88 valence electrons. The summed E-state index contributed by atoms with van der Waals surface area (Å²) >= 11 is 4.61. The smallest absolute Gasteiger partial charge is 0.429 e. The Bertz CT molecular complexity index is 376. The molecular weight excluding hydrogens is 245 g/mol. The van der Waals surface area contributed by atoms with Gasteiger partial charge in [0.25, 0.3) is 5.63 Å². The summed E-state index contributed by atoms with van der Waals surface area (Å²) in [5.41, 5.74) is -2.58. The Morgan fingerprint density at radius 3 is 2.25 bits per heavy atom. The van der Waals surface area contributed by atoms with Crippen molar-refractivity contribution in [3.63, 3.8) is 0 Å². The Kier molecular flexibility index (Phi) is 3.80. The van der Waals surface area contributed by atoms with Gasteiger partial charge in [-0.05, 0) is 31.2 Å². The van der Waals surface area contributed by atoms with E-state index < -0.39 is 11.7 Å². The molecule has 0 spiro atoms. The van der Waals surface area contributed by atoms with E-state index in [0.29, 0.717) is 5.56 Å². The zero-order chi connectivity index (χ0) is 12.3. The summed E-state index contributed by atoms with van der Waals surface area (Å²) in [6, 6.07) is 4.89. The maximum Gasteiger partial charge on any atom is 0.444 e. The van der Waals surface area contributed by atoms with Crippen LogP contribution >= 0.6 is 11.6 Å². The third kappa shape index (κ3) is 3.13. The van der Waals surface area contributed by atoms with E-state index in [-0.39, 0.29) is 11.5 Å². The number of ether oxygens (including phenoxy) is 1. The lowest BCUT2D eigenvalue weighted by atomic mass is 10.1. The average Bonchev–Trinajstić information content (AvgIpc) is 2.17. The molecule has 0 fully saturated rings. The highest BCUT2D eigenvalue weighted by atomic mass is 35.5. The number of hydrogen-bond acceptors (Lipinski definition) is 2. The first-order valence-corrected chi connectivity index (χ1v) is 4.72. The van der Waals surface area contributed by atoms with Gasteiger partial charge in [-0.15, -0.1) is 0 Å². The van der Waals surface area contributed by atoms with Crippen LogP contribution in [-0.4, -0.2) is 17.5 Å². The Hall–Kier alpha value is -1.23. The fourth-order valence-corrected chi connectivity index (χ4v) is 1.00. The fourth-order valence-electron chi connectivity index (χ4n) is 0.959. The average molecular weight is 253 g/mol. The minimum absolute atomic E-state index is 0.209. The van der Waals surface area contributed by atoms with Crippen molar-refractivity contribution >= 4 is 17.4 Å². The van der Waals surface area contributed by atoms with Gasteiger partial charge < -0.3 is 4.74 Å². The van der Waals surface area contributed by atoms with Gasteiger partial charge in [0.1, 0.15) is 5.75 Å². The van der Waals surface area contributed by atoms with E-state index in [4.69, 9.17) is 0 Å². The van der Waals surface area contributed by atoms with E-state index in [1.54, 1.807) is 0 Å². The molecule has 0 radical (unpaired) electrons. The number of alkyl halides is 4. The van der Waals surface area contributed by atoms with Crippen molar-refractivity contribution in [1.29, 1.82) is 0 Å². The molecule has 0 heterocycles. The molecule has 0 aliphatic carbocycles. The number of hydrogen-bond donors (Lipinski definition) is 0. The van der Waals surface area contributed by atoms with Crippen LogP contribution in [0.3, 0.4) is 0 Å². The molecular formula is C10H8ClF3O2.